The van der Waals surface area contributed by atoms with E-state index in [0.717, 1.165) is 0 Å². The van der Waals surface area contributed by atoms with Gasteiger partial charge in [0.2, 0.25) is 0 Å². The summed E-state index contributed by atoms with van der Waals surface area (Å²) in [6.45, 7) is 1.19. The summed E-state index contributed by atoms with van der Waals surface area (Å²) in [5.74, 6) is 0. The third kappa shape index (κ3) is 47.5. The van der Waals surface area contributed by atoms with Gasteiger partial charge in [-0.15, -0.1) is 0 Å². The highest BCUT2D eigenvalue weighted by Gasteiger charge is 1.85. The van der Waals surface area contributed by atoms with Crippen molar-refractivity contribution in [2.45, 2.75) is 13.1 Å². The normalized spacial score (nSPS) is 11.0. The molecule has 0 aromatic rings. The molecular formula is C5H12FNO. The first-order valence-electron chi connectivity index (χ1n) is 2.36. The first-order valence-corrected chi connectivity index (χ1v) is 2.36. The van der Waals surface area contributed by atoms with Gasteiger partial charge in [0.1, 0.15) is 0 Å². The highest BCUT2D eigenvalue weighted by atomic mass is 19.1. The average molecular weight is 121 g/mol. The van der Waals surface area contributed by atoms with Gasteiger partial charge in [0.15, 0.2) is 12.5 Å². The third-order valence-corrected chi connectivity index (χ3v) is 0.188. The maximum absolute atomic E-state index is 11.1. The lowest BCUT2D eigenvalue weighted by Crippen LogP contribution is -1.89. The number of alkyl halides is 1. The summed E-state index contributed by atoms with van der Waals surface area (Å²) in [7, 11) is 3.75. The molecule has 50 valence electrons. The van der Waals surface area contributed by atoms with Gasteiger partial charge in [-0.25, -0.2) is 4.39 Å². The van der Waals surface area contributed by atoms with Crippen LogP contribution < -0.4 is 5.32 Å². The Morgan fingerprint density at radius 3 is 1.75 bits per heavy atom. The fraction of sp³-hybridized carbons (Fsp3) is 0.800. The van der Waals surface area contributed by atoms with E-state index >= 15 is 0 Å². The van der Waals surface area contributed by atoms with E-state index in [2.05, 4.69) is 5.32 Å². The number of carbonyl (C=O) groups excluding carboxylic acids is 1. The lowest BCUT2D eigenvalue weighted by molar-refractivity contribution is -0.111. The van der Waals surface area contributed by atoms with Crippen molar-refractivity contribution >= 4 is 6.29 Å². The van der Waals surface area contributed by atoms with E-state index in [0.29, 0.717) is 0 Å². The van der Waals surface area contributed by atoms with Crippen LogP contribution in [-0.4, -0.2) is 26.6 Å². The summed E-state index contributed by atoms with van der Waals surface area (Å²) in [4.78, 5) is 9.13. The molecule has 0 aromatic heterocycles. The fourth-order valence-electron chi connectivity index (χ4n) is 0. The Bertz CT molecular complexity index is 47.7. The van der Waals surface area contributed by atoms with Crippen LogP contribution in [0.4, 0.5) is 4.39 Å². The van der Waals surface area contributed by atoms with Crippen LogP contribution >= 0.6 is 0 Å². The zero-order chi connectivity index (χ0) is 6.99. The van der Waals surface area contributed by atoms with Crippen LogP contribution in [0.1, 0.15) is 6.92 Å². The van der Waals surface area contributed by atoms with E-state index in [-0.39, 0.29) is 6.29 Å². The van der Waals surface area contributed by atoms with E-state index < -0.39 is 6.17 Å². The summed E-state index contributed by atoms with van der Waals surface area (Å²) in [6, 6.07) is 0. The van der Waals surface area contributed by atoms with Gasteiger partial charge in [-0.3, -0.25) is 0 Å². The SMILES string of the molecule is CC(F)C=O.CNC. The van der Waals surface area contributed by atoms with E-state index in [4.69, 9.17) is 4.79 Å². The van der Waals surface area contributed by atoms with Crippen molar-refractivity contribution in [2.75, 3.05) is 14.1 Å². The first kappa shape index (κ1) is 10.5. The molecule has 0 aliphatic heterocycles. The summed E-state index contributed by atoms with van der Waals surface area (Å²) >= 11 is 0. The smallest absolute Gasteiger partial charge is 0.153 e. The minimum absolute atomic E-state index is 0.250. The summed E-state index contributed by atoms with van der Waals surface area (Å²) in [6.07, 6.45) is -1.05. The summed E-state index contributed by atoms with van der Waals surface area (Å²) in [5.41, 5.74) is 0. The molecule has 0 radical (unpaired) electrons. The molecule has 1 atom stereocenters. The second kappa shape index (κ2) is 9.75. The Morgan fingerprint density at radius 1 is 1.62 bits per heavy atom. The van der Waals surface area contributed by atoms with E-state index in [9.17, 15) is 4.39 Å². The summed E-state index contributed by atoms with van der Waals surface area (Å²) in [5, 5.41) is 2.75. The van der Waals surface area contributed by atoms with Gasteiger partial charge in [-0.1, -0.05) is 0 Å². The van der Waals surface area contributed by atoms with Gasteiger partial charge in [0, 0.05) is 0 Å². The van der Waals surface area contributed by atoms with Crippen molar-refractivity contribution < 1.29 is 9.18 Å². The van der Waals surface area contributed by atoms with Gasteiger partial charge in [0.25, 0.3) is 0 Å². The lowest BCUT2D eigenvalue weighted by Gasteiger charge is -1.74. The van der Waals surface area contributed by atoms with Crippen molar-refractivity contribution in [2.24, 2.45) is 0 Å². The van der Waals surface area contributed by atoms with Crippen LogP contribution in [0.15, 0.2) is 0 Å². The van der Waals surface area contributed by atoms with E-state index in [1.54, 1.807) is 0 Å². The standard InChI is InChI=1S/C3H5FO.C2H7N/c1-3(4)2-5;1-3-2/h2-3H,1H3;3H,1-2H3. The predicted octanol–water partition coefficient (Wildman–Crippen LogP) is 0.379. The first-order chi connectivity index (χ1) is 3.68. The van der Waals surface area contributed by atoms with Gasteiger partial charge in [-0.05, 0) is 21.0 Å². The molecule has 1 unspecified atom stereocenters. The van der Waals surface area contributed by atoms with Crippen LogP contribution in [0, 0.1) is 0 Å². The molecule has 8 heavy (non-hydrogen) atoms. The number of nitrogens with one attached hydrogen (secondary N) is 1. The Labute approximate surface area is 49.1 Å². The second-order valence-electron chi connectivity index (χ2n) is 1.31. The number of halogens is 1. The molecule has 0 fully saturated rings. The van der Waals surface area contributed by atoms with Crippen molar-refractivity contribution in [1.29, 1.82) is 0 Å². The van der Waals surface area contributed by atoms with Crippen LogP contribution in [0.5, 0.6) is 0 Å². The monoisotopic (exact) mass is 121 g/mol. The molecule has 2 nitrogen and oxygen atoms in total. The highest BCUT2D eigenvalue weighted by Crippen LogP contribution is 1.75. The summed E-state index contributed by atoms with van der Waals surface area (Å²) < 4.78 is 11.1. The van der Waals surface area contributed by atoms with Crippen LogP contribution in [0.3, 0.4) is 0 Å². The van der Waals surface area contributed by atoms with Gasteiger partial charge >= 0.3 is 0 Å². The number of hydrogen-bond acceptors (Lipinski definition) is 2. The molecule has 0 saturated carbocycles. The maximum atomic E-state index is 11.1. The van der Waals surface area contributed by atoms with Crippen LogP contribution in [0.2, 0.25) is 0 Å². The van der Waals surface area contributed by atoms with E-state index in [1.165, 1.54) is 6.92 Å². The molecule has 0 spiro atoms. The zero-order valence-corrected chi connectivity index (χ0v) is 5.44. The fourth-order valence-corrected chi connectivity index (χ4v) is 0. The van der Waals surface area contributed by atoms with E-state index in [1.807, 2.05) is 14.1 Å². The van der Waals surface area contributed by atoms with Crippen molar-refractivity contribution in [1.82, 2.24) is 5.32 Å². The van der Waals surface area contributed by atoms with Crippen LogP contribution in [-0.2, 0) is 4.79 Å². The second-order valence-corrected chi connectivity index (χ2v) is 1.31. The minimum atomic E-state index is -1.30. The topological polar surface area (TPSA) is 29.1 Å². The largest absolute Gasteiger partial charge is 0.323 e. The Kier molecular flexibility index (Phi) is 12.8. The number of carbonyl (C=O) groups is 1. The number of aldehydes is 1. The number of rotatable bonds is 1. The molecule has 3 heteroatoms. The molecule has 0 bridgehead atoms. The molecule has 0 aromatic carbocycles. The molecule has 0 rings (SSSR count). The molecule has 0 aliphatic rings. The molecule has 0 aliphatic carbocycles. The van der Waals surface area contributed by atoms with Gasteiger partial charge in [-0.2, -0.15) is 0 Å². The van der Waals surface area contributed by atoms with Crippen molar-refractivity contribution in [3.05, 3.63) is 0 Å². The number of hydrogen-bond donors (Lipinski definition) is 1. The quantitative estimate of drug-likeness (QED) is 0.508. The molecule has 0 saturated heterocycles. The minimum Gasteiger partial charge on any atom is -0.323 e. The van der Waals surface area contributed by atoms with Crippen LogP contribution in [0.25, 0.3) is 0 Å². The van der Waals surface area contributed by atoms with Crippen molar-refractivity contribution in [3.8, 4) is 0 Å². The zero-order valence-electron chi connectivity index (χ0n) is 5.44. The third-order valence-electron chi connectivity index (χ3n) is 0.188. The molecule has 0 amide bonds. The Balaban J connectivity index is 0. The van der Waals surface area contributed by atoms with Gasteiger partial charge in [0.05, 0.1) is 0 Å². The van der Waals surface area contributed by atoms with Gasteiger partial charge < -0.3 is 10.1 Å². The molecular weight excluding hydrogens is 109 g/mol. The predicted molar refractivity (Wildman–Crippen MR) is 31.6 cm³/mol. The molecule has 0 heterocycles. The Morgan fingerprint density at radius 2 is 1.75 bits per heavy atom. The average Bonchev–Trinajstić information content (AvgIpc) is 1.69. The molecule has 1 N–H and O–H groups in total. The Hall–Kier alpha value is -0.440. The maximum Gasteiger partial charge on any atom is 0.153 e. The van der Waals surface area contributed by atoms with Crippen molar-refractivity contribution in [3.63, 3.8) is 0 Å². The lowest BCUT2D eigenvalue weighted by atomic mass is 10.5. The highest BCUT2D eigenvalue weighted by molar-refractivity contribution is 5.54.